The molecule has 158 valence electrons. The Kier molecular flexibility index (Phi) is 5.87. The Bertz CT molecular complexity index is 618. The van der Waals surface area contributed by atoms with E-state index >= 15 is 0 Å². The van der Waals surface area contributed by atoms with Crippen molar-refractivity contribution in [3.8, 4) is 0 Å². The summed E-state index contributed by atoms with van der Waals surface area (Å²) in [6.45, 7) is 10.2. The van der Waals surface area contributed by atoms with Gasteiger partial charge in [-0.05, 0) is 104 Å². The minimum absolute atomic E-state index is 0.305. The zero-order chi connectivity index (χ0) is 19.9. The minimum Gasteiger partial charge on any atom is -0.396 e. The Hall–Kier alpha value is -0.560. The summed E-state index contributed by atoms with van der Waals surface area (Å²) in [4.78, 5) is 0. The van der Waals surface area contributed by atoms with E-state index < -0.39 is 0 Å². The molecule has 28 heavy (non-hydrogen) atoms. The SMILES string of the molecule is CC(CO)C/C=C/[C@@H](C)[C@H]1CC[C@H]2[C@@H]3CC=C4CCCC[C@]4(C)[C@H]3CC[C@]12C. The summed E-state index contributed by atoms with van der Waals surface area (Å²) >= 11 is 0. The van der Waals surface area contributed by atoms with Crippen LogP contribution in [0.3, 0.4) is 0 Å². The monoisotopic (exact) mass is 384 g/mol. The Morgan fingerprint density at radius 3 is 2.71 bits per heavy atom. The van der Waals surface area contributed by atoms with Gasteiger partial charge in [0.2, 0.25) is 0 Å². The molecule has 0 radical (unpaired) electrons. The van der Waals surface area contributed by atoms with Crippen LogP contribution in [-0.2, 0) is 0 Å². The second kappa shape index (κ2) is 7.93. The van der Waals surface area contributed by atoms with Gasteiger partial charge in [-0.3, -0.25) is 0 Å². The molecule has 4 aliphatic carbocycles. The number of fused-ring (bicyclic) bond motifs is 5. The highest BCUT2D eigenvalue weighted by molar-refractivity contribution is 5.24. The van der Waals surface area contributed by atoms with Crippen LogP contribution in [0, 0.1) is 46.3 Å². The smallest absolute Gasteiger partial charge is 0.0459 e. The molecular formula is C27H44O. The van der Waals surface area contributed by atoms with E-state index in [1.54, 1.807) is 0 Å². The zero-order valence-corrected chi connectivity index (χ0v) is 18.9. The van der Waals surface area contributed by atoms with Crippen molar-refractivity contribution >= 4 is 0 Å². The van der Waals surface area contributed by atoms with Gasteiger partial charge in [-0.2, -0.15) is 0 Å². The van der Waals surface area contributed by atoms with E-state index in [0.29, 0.717) is 29.3 Å². The topological polar surface area (TPSA) is 20.2 Å². The van der Waals surface area contributed by atoms with E-state index in [0.717, 1.165) is 30.1 Å². The molecule has 0 aromatic rings. The largest absolute Gasteiger partial charge is 0.396 e. The second-order valence-corrected chi connectivity index (χ2v) is 11.5. The first kappa shape index (κ1) is 20.7. The van der Waals surface area contributed by atoms with Crippen LogP contribution in [0.2, 0.25) is 0 Å². The third-order valence-corrected chi connectivity index (χ3v) is 10.0. The number of hydrogen-bond donors (Lipinski definition) is 1. The number of aliphatic hydroxyl groups is 1. The average Bonchev–Trinajstić information content (AvgIpc) is 3.04. The molecule has 3 fully saturated rings. The molecule has 0 heterocycles. The highest BCUT2D eigenvalue weighted by atomic mass is 16.3. The number of allylic oxidation sites excluding steroid dienone is 4. The van der Waals surface area contributed by atoms with E-state index in [9.17, 15) is 5.11 Å². The van der Waals surface area contributed by atoms with Crippen molar-refractivity contribution < 1.29 is 5.11 Å². The van der Waals surface area contributed by atoms with Crippen molar-refractivity contribution in [2.75, 3.05) is 6.61 Å². The van der Waals surface area contributed by atoms with Gasteiger partial charge in [-0.25, -0.2) is 0 Å². The molecule has 1 N–H and O–H groups in total. The van der Waals surface area contributed by atoms with Gasteiger partial charge in [0, 0.05) is 6.61 Å². The van der Waals surface area contributed by atoms with Crippen LogP contribution < -0.4 is 0 Å². The lowest BCUT2D eigenvalue weighted by Gasteiger charge is -2.58. The standard InChI is InChI=1S/C27H44O/c1-19(18-28)8-7-9-20(2)23-13-14-24-22-12-11-21-10-5-6-16-26(21,3)25(22)15-17-27(23,24)4/h7,9,11,19-20,22-25,28H,5-6,8,10,12-18H2,1-4H3/b9-7+/t19?,20-,22+,23-,24+,25+,26+,27-/m1/s1. The summed E-state index contributed by atoms with van der Waals surface area (Å²) < 4.78 is 0. The molecule has 3 saturated carbocycles. The van der Waals surface area contributed by atoms with Crippen LogP contribution in [-0.4, -0.2) is 11.7 Å². The normalized spacial score (nSPS) is 45.1. The van der Waals surface area contributed by atoms with Crippen LogP contribution in [0.4, 0.5) is 0 Å². The Balaban J connectivity index is 1.50. The molecule has 8 atom stereocenters. The van der Waals surface area contributed by atoms with Gasteiger partial charge in [0.05, 0.1) is 0 Å². The van der Waals surface area contributed by atoms with Crippen LogP contribution in [0.15, 0.2) is 23.8 Å². The van der Waals surface area contributed by atoms with E-state index in [1.807, 2.05) is 5.57 Å². The van der Waals surface area contributed by atoms with Crippen molar-refractivity contribution in [2.45, 2.75) is 91.9 Å². The summed E-state index contributed by atoms with van der Waals surface area (Å²) in [5, 5.41) is 9.28. The Morgan fingerprint density at radius 1 is 1.11 bits per heavy atom. The summed E-state index contributed by atoms with van der Waals surface area (Å²) in [6.07, 6.45) is 21.5. The molecule has 0 aromatic carbocycles. The van der Waals surface area contributed by atoms with Gasteiger partial charge >= 0.3 is 0 Å². The molecule has 4 aliphatic rings. The Morgan fingerprint density at radius 2 is 1.93 bits per heavy atom. The molecular weight excluding hydrogens is 340 g/mol. The summed E-state index contributed by atoms with van der Waals surface area (Å²) in [6, 6.07) is 0. The van der Waals surface area contributed by atoms with Crippen LogP contribution in [0.1, 0.15) is 91.9 Å². The zero-order valence-electron chi connectivity index (χ0n) is 18.9. The summed E-state index contributed by atoms with van der Waals surface area (Å²) in [5.74, 6) is 4.77. The van der Waals surface area contributed by atoms with Crippen molar-refractivity contribution in [2.24, 2.45) is 46.3 Å². The fourth-order valence-electron chi connectivity index (χ4n) is 8.34. The summed E-state index contributed by atoms with van der Waals surface area (Å²) in [5.41, 5.74) is 2.92. The van der Waals surface area contributed by atoms with E-state index in [2.05, 4.69) is 45.9 Å². The first-order valence-corrected chi connectivity index (χ1v) is 12.4. The van der Waals surface area contributed by atoms with E-state index in [1.165, 1.54) is 57.8 Å². The maximum atomic E-state index is 9.28. The first-order valence-electron chi connectivity index (χ1n) is 12.4. The predicted molar refractivity (Wildman–Crippen MR) is 119 cm³/mol. The number of rotatable bonds is 5. The molecule has 0 aliphatic heterocycles. The van der Waals surface area contributed by atoms with Gasteiger partial charge in [-0.1, -0.05) is 57.9 Å². The second-order valence-electron chi connectivity index (χ2n) is 11.5. The van der Waals surface area contributed by atoms with E-state index in [-0.39, 0.29) is 0 Å². The first-order chi connectivity index (χ1) is 13.4. The van der Waals surface area contributed by atoms with Crippen molar-refractivity contribution in [1.82, 2.24) is 0 Å². The van der Waals surface area contributed by atoms with E-state index in [4.69, 9.17) is 0 Å². The third-order valence-electron chi connectivity index (χ3n) is 10.0. The fraction of sp³-hybridized carbons (Fsp3) is 0.852. The third kappa shape index (κ3) is 3.34. The van der Waals surface area contributed by atoms with Crippen LogP contribution in [0.5, 0.6) is 0 Å². The molecule has 4 rings (SSSR count). The maximum Gasteiger partial charge on any atom is 0.0459 e. The van der Waals surface area contributed by atoms with Crippen LogP contribution in [0.25, 0.3) is 0 Å². The molecule has 0 bridgehead atoms. The Labute approximate surface area is 174 Å². The number of aliphatic hydroxyl groups excluding tert-OH is 1. The predicted octanol–water partition coefficient (Wildman–Crippen LogP) is 7.17. The lowest BCUT2D eigenvalue weighted by atomic mass is 9.47. The highest BCUT2D eigenvalue weighted by Gasteiger charge is 2.58. The quantitative estimate of drug-likeness (QED) is 0.498. The van der Waals surface area contributed by atoms with Crippen molar-refractivity contribution in [3.05, 3.63) is 23.8 Å². The van der Waals surface area contributed by atoms with Gasteiger partial charge in [0.15, 0.2) is 0 Å². The molecule has 0 aromatic heterocycles. The molecule has 1 heteroatoms. The lowest BCUT2D eigenvalue weighted by Crippen LogP contribution is -2.49. The van der Waals surface area contributed by atoms with Gasteiger partial charge < -0.3 is 5.11 Å². The minimum atomic E-state index is 0.305. The fourth-order valence-corrected chi connectivity index (χ4v) is 8.34. The molecule has 1 unspecified atom stereocenters. The van der Waals surface area contributed by atoms with Gasteiger partial charge in [0.1, 0.15) is 0 Å². The van der Waals surface area contributed by atoms with Crippen molar-refractivity contribution in [1.29, 1.82) is 0 Å². The molecule has 0 amide bonds. The lowest BCUT2D eigenvalue weighted by molar-refractivity contribution is -0.0462. The molecule has 1 nitrogen and oxygen atoms in total. The number of hydrogen-bond acceptors (Lipinski definition) is 1. The van der Waals surface area contributed by atoms with Gasteiger partial charge in [0.25, 0.3) is 0 Å². The summed E-state index contributed by atoms with van der Waals surface area (Å²) in [7, 11) is 0. The average molecular weight is 385 g/mol. The van der Waals surface area contributed by atoms with Crippen molar-refractivity contribution in [3.63, 3.8) is 0 Å². The highest BCUT2D eigenvalue weighted by Crippen LogP contribution is 2.67. The van der Waals surface area contributed by atoms with Gasteiger partial charge in [-0.15, -0.1) is 0 Å². The van der Waals surface area contributed by atoms with Crippen LogP contribution >= 0.6 is 0 Å². The molecule has 0 saturated heterocycles. The maximum absolute atomic E-state index is 9.28. The molecule has 0 spiro atoms.